The summed E-state index contributed by atoms with van der Waals surface area (Å²) in [6.45, 7) is 1.19. The van der Waals surface area contributed by atoms with Crippen molar-refractivity contribution in [2.75, 3.05) is 6.54 Å². The molecule has 108 valence electrons. The average Bonchev–Trinajstić information content (AvgIpc) is 2.52. The topological polar surface area (TPSA) is 56.0 Å². The number of nitriles is 1. The number of nitrogens with one attached hydrogen (secondary N) is 1. The van der Waals surface area contributed by atoms with Gasteiger partial charge in [-0.05, 0) is 42.3 Å². The maximum Gasteiger partial charge on any atom is 0.123 e. The summed E-state index contributed by atoms with van der Waals surface area (Å²) in [5, 5.41) is 22.2. The van der Waals surface area contributed by atoms with Crippen molar-refractivity contribution in [3.63, 3.8) is 0 Å². The zero-order valence-electron chi connectivity index (χ0n) is 11.6. The second-order valence-electron chi connectivity index (χ2n) is 4.80. The number of benzene rings is 2. The fourth-order valence-electron chi connectivity index (χ4n) is 2.10. The second kappa shape index (κ2) is 7.53. The van der Waals surface area contributed by atoms with Crippen molar-refractivity contribution in [2.24, 2.45) is 0 Å². The molecule has 0 saturated heterocycles. The van der Waals surface area contributed by atoms with E-state index in [1.54, 1.807) is 18.2 Å². The van der Waals surface area contributed by atoms with Gasteiger partial charge in [0, 0.05) is 6.54 Å². The SMILES string of the molecule is N#Cc1ccccc1CNCCC(O)c1ccc(F)cc1. The first-order valence-corrected chi connectivity index (χ1v) is 6.83. The minimum atomic E-state index is -0.621. The number of hydrogen-bond donors (Lipinski definition) is 2. The van der Waals surface area contributed by atoms with Gasteiger partial charge in [0.25, 0.3) is 0 Å². The summed E-state index contributed by atoms with van der Waals surface area (Å²) in [6.07, 6.45) is -0.0929. The quantitative estimate of drug-likeness (QED) is 0.802. The van der Waals surface area contributed by atoms with E-state index in [2.05, 4.69) is 11.4 Å². The highest BCUT2D eigenvalue weighted by Crippen LogP contribution is 2.16. The molecule has 0 aliphatic carbocycles. The fourth-order valence-corrected chi connectivity index (χ4v) is 2.10. The molecule has 0 heterocycles. The molecule has 0 aliphatic heterocycles. The number of aliphatic hydroxyl groups is 1. The third-order valence-electron chi connectivity index (χ3n) is 3.30. The summed E-state index contributed by atoms with van der Waals surface area (Å²) in [5.41, 5.74) is 2.30. The van der Waals surface area contributed by atoms with Crippen LogP contribution in [0.2, 0.25) is 0 Å². The van der Waals surface area contributed by atoms with E-state index >= 15 is 0 Å². The van der Waals surface area contributed by atoms with Gasteiger partial charge in [0.15, 0.2) is 0 Å². The maximum atomic E-state index is 12.8. The first kappa shape index (κ1) is 15.2. The van der Waals surface area contributed by atoms with Crippen LogP contribution in [0, 0.1) is 17.1 Å². The first-order valence-electron chi connectivity index (χ1n) is 6.83. The molecular formula is C17H17FN2O. The largest absolute Gasteiger partial charge is 0.388 e. The van der Waals surface area contributed by atoms with Gasteiger partial charge in [-0.1, -0.05) is 30.3 Å². The van der Waals surface area contributed by atoms with E-state index in [0.29, 0.717) is 30.6 Å². The van der Waals surface area contributed by atoms with E-state index in [1.807, 2.05) is 18.2 Å². The Morgan fingerprint density at radius 2 is 1.86 bits per heavy atom. The molecule has 0 radical (unpaired) electrons. The Hall–Kier alpha value is -2.22. The van der Waals surface area contributed by atoms with Crippen molar-refractivity contribution in [3.8, 4) is 6.07 Å². The Morgan fingerprint density at radius 3 is 2.57 bits per heavy atom. The van der Waals surface area contributed by atoms with Crippen LogP contribution in [0.3, 0.4) is 0 Å². The normalized spacial score (nSPS) is 11.9. The lowest BCUT2D eigenvalue weighted by molar-refractivity contribution is 0.166. The lowest BCUT2D eigenvalue weighted by atomic mass is 10.1. The van der Waals surface area contributed by atoms with E-state index in [1.165, 1.54) is 12.1 Å². The van der Waals surface area contributed by atoms with Crippen molar-refractivity contribution >= 4 is 0 Å². The van der Waals surface area contributed by atoms with Crippen LogP contribution in [0.4, 0.5) is 4.39 Å². The van der Waals surface area contributed by atoms with Crippen molar-refractivity contribution in [1.29, 1.82) is 5.26 Å². The van der Waals surface area contributed by atoms with Crippen molar-refractivity contribution < 1.29 is 9.50 Å². The van der Waals surface area contributed by atoms with Crippen LogP contribution in [0.5, 0.6) is 0 Å². The molecule has 4 heteroatoms. The van der Waals surface area contributed by atoms with Gasteiger partial charge in [-0.15, -0.1) is 0 Å². The Kier molecular flexibility index (Phi) is 5.44. The smallest absolute Gasteiger partial charge is 0.123 e. The highest BCUT2D eigenvalue weighted by Gasteiger charge is 2.07. The summed E-state index contributed by atoms with van der Waals surface area (Å²) in [6, 6.07) is 15.4. The Morgan fingerprint density at radius 1 is 1.14 bits per heavy atom. The Bertz CT molecular complexity index is 619. The first-order chi connectivity index (χ1) is 10.2. The van der Waals surface area contributed by atoms with Gasteiger partial charge in [0.2, 0.25) is 0 Å². The molecule has 2 N–H and O–H groups in total. The minimum Gasteiger partial charge on any atom is -0.388 e. The van der Waals surface area contributed by atoms with Gasteiger partial charge < -0.3 is 10.4 Å². The third kappa shape index (κ3) is 4.38. The predicted molar refractivity (Wildman–Crippen MR) is 78.8 cm³/mol. The predicted octanol–water partition coefficient (Wildman–Crippen LogP) is 2.91. The molecule has 1 atom stereocenters. The molecule has 0 aromatic heterocycles. The summed E-state index contributed by atoms with van der Waals surface area (Å²) in [7, 11) is 0. The van der Waals surface area contributed by atoms with Gasteiger partial charge >= 0.3 is 0 Å². The zero-order chi connectivity index (χ0) is 15.1. The third-order valence-corrected chi connectivity index (χ3v) is 3.30. The zero-order valence-corrected chi connectivity index (χ0v) is 11.6. The van der Waals surface area contributed by atoms with Crippen molar-refractivity contribution in [2.45, 2.75) is 19.1 Å². The van der Waals surface area contributed by atoms with E-state index < -0.39 is 6.10 Å². The van der Waals surface area contributed by atoms with Gasteiger partial charge in [-0.2, -0.15) is 5.26 Å². The molecule has 21 heavy (non-hydrogen) atoms. The lowest BCUT2D eigenvalue weighted by Gasteiger charge is -2.12. The van der Waals surface area contributed by atoms with Gasteiger partial charge in [-0.3, -0.25) is 0 Å². The molecule has 2 aromatic rings. The van der Waals surface area contributed by atoms with Crippen LogP contribution in [0.1, 0.15) is 29.2 Å². The minimum absolute atomic E-state index is 0.308. The molecule has 2 rings (SSSR count). The average molecular weight is 284 g/mol. The van der Waals surface area contributed by atoms with Gasteiger partial charge in [0.1, 0.15) is 5.82 Å². The number of rotatable bonds is 6. The van der Waals surface area contributed by atoms with E-state index in [9.17, 15) is 9.50 Å². The van der Waals surface area contributed by atoms with Crippen LogP contribution < -0.4 is 5.32 Å². The summed E-state index contributed by atoms with van der Waals surface area (Å²) < 4.78 is 12.8. The van der Waals surface area contributed by atoms with Gasteiger partial charge in [-0.25, -0.2) is 4.39 Å². The van der Waals surface area contributed by atoms with E-state index in [4.69, 9.17) is 5.26 Å². The van der Waals surface area contributed by atoms with Crippen LogP contribution in [0.15, 0.2) is 48.5 Å². The molecule has 1 unspecified atom stereocenters. The van der Waals surface area contributed by atoms with E-state index in [-0.39, 0.29) is 5.82 Å². The summed E-state index contributed by atoms with van der Waals surface area (Å²) in [5.74, 6) is -0.308. The number of nitrogens with zero attached hydrogens (tertiary/aromatic N) is 1. The van der Waals surface area contributed by atoms with Crippen LogP contribution in [-0.2, 0) is 6.54 Å². The molecule has 0 amide bonds. The second-order valence-corrected chi connectivity index (χ2v) is 4.80. The molecule has 0 aliphatic rings. The van der Waals surface area contributed by atoms with Crippen LogP contribution in [0.25, 0.3) is 0 Å². The Balaban J connectivity index is 1.79. The van der Waals surface area contributed by atoms with Gasteiger partial charge in [0.05, 0.1) is 17.7 Å². The lowest BCUT2D eigenvalue weighted by Crippen LogP contribution is -2.17. The molecule has 0 spiro atoms. The molecule has 3 nitrogen and oxygen atoms in total. The summed E-state index contributed by atoms with van der Waals surface area (Å²) in [4.78, 5) is 0. The number of aliphatic hydroxyl groups excluding tert-OH is 1. The maximum absolute atomic E-state index is 12.8. The number of hydrogen-bond acceptors (Lipinski definition) is 3. The molecular weight excluding hydrogens is 267 g/mol. The van der Waals surface area contributed by atoms with E-state index in [0.717, 1.165) is 5.56 Å². The molecule has 0 fully saturated rings. The summed E-state index contributed by atoms with van der Waals surface area (Å²) >= 11 is 0. The fraction of sp³-hybridized carbons (Fsp3) is 0.235. The number of halogens is 1. The van der Waals surface area contributed by atoms with Crippen LogP contribution >= 0.6 is 0 Å². The molecule has 0 saturated carbocycles. The standard InChI is InChI=1S/C17H17FN2O/c18-16-7-5-13(6-8-16)17(21)9-10-20-12-15-4-2-1-3-14(15)11-19/h1-8,17,20-21H,9-10,12H2. The molecule has 0 bridgehead atoms. The molecule has 2 aromatic carbocycles. The Labute approximate surface area is 123 Å². The monoisotopic (exact) mass is 284 g/mol. The highest BCUT2D eigenvalue weighted by molar-refractivity contribution is 5.37. The van der Waals surface area contributed by atoms with Crippen molar-refractivity contribution in [3.05, 3.63) is 71.0 Å². The van der Waals surface area contributed by atoms with Crippen LogP contribution in [-0.4, -0.2) is 11.7 Å². The highest BCUT2D eigenvalue weighted by atomic mass is 19.1. The van der Waals surface area contributed by atoms with Crippen molar-refractivity contribution in [1.82, 2.24) is 5.32 Å².